The predicted octanol–water partition coefficient (Wildman–Crippen LogP) is 0.903. The summed E-state index contributed by atoms with van der Waals surface area (Å²) < 4.78 is 28.5. The Bertz CT molecular complexity index is 685. The van der Waals surface area contributed by atoms with Crippen molar-refractivity contribution in [2.75, 3.05) is 0 Å². The van der Waals surface area contributed by atoms with Crippen LogP contribution in [0.2, 0.25) is 5.15 Å². The van der Waals surface area contributed by atoms with Gasteiger partial charge in [0.1, 0.15) is 22.2 Å². The van der Waals surface area contributed by atoms with E-state index in [1.807, 2.05) is 0 Å². The van der Waals surface area contributed by atoms with Gasteiger partial charge >= 0.3 is 0 Å². The highest BCUT2D eigenvalue weighted by atomic mass is 35.5. The van der Waals surface area contributed by atoms with Crippen molar-refractivity contribution in [2.45, 2.75) is 17.9 Å². The number of aromatic nitrogens is 4. The van der Waals surface area contributed by atoms with Gasteiger partial charge < -0.3 is 4.57 Å². The number of hydrogen-bond acceptors (Lipinski definition) is 5. The molecule has 19 heavy (non-hydrogen) atoms. The molecular weight excluding hydrogens is 290 g/mol. The summed E-state index contributed by atoms with van der Waals surface area (Å²) in [5, 5.41) is 7.49. The summed E-state index contributed by atoms with van der Waals surface area (Å²) in [6.45, 7) is 1.67. The monoisotopic (exact) mass is 301 g/mol. The number of pyridine rings is 1. The molecular formula is C10H12ClN5O2S. The van der Waals surface area contributed by atoms with Crippen LogP contribution < -0.4 is 4.72 Å². The van der Waals surface area contributed by atoms with Gasteiger partial charge in [-0.1, -0.05) is 11.6 Å². The first kappa shape index (κ1) is 13.9. The molecule has 2 aromatic heterocycles. The van der Waals surface area contributed by atoms with Gasteiger partial charge in [0, 0.05) is 13.2 Å². The molecule has 0 fully saturated rings. The van der Waals surface area contributed by atoms with Crippen molar-refractivity contribution < 1.29 is 8.42 Å². The Labute approximate surface area is 115 Å². The molecule has 0 amide bonds. The molecule has 1 atom stereocenters. The second kappa shape index (κ2) is 5.24. The molecule has 0 saturated heterocycles. The molecule has 0 bridgehead atoms. The second-order valence-electron chi connectivity index (χ2n) is 3.94. The summed E-state index contributed by atoms with van der Waals surface area (Å²) in [5.41, 5.74) is 0. The summed E-state index contributed by atoms with van der Waals surface area (Å²) in [7, 11) is -2.03. The van der Waals surface area contributed by atoms with Gasteiger partial charge in [0.05, 0.1) is 6.04 Å². The van der Waals surface area contributed by atoms with Gasteiger partial charge in [-0.15, -0.1) is 10.2 Å². The van der Waals surface area contributed by atoms with Gasteiger partial charge in [0.25, 0.3) is 0 Å². The van der Waals surface area contributed by atoms with Crippen molar-refractivity contribution >= 4 is 21.6 Å². The van der Waals surface area contributed by atoms with E-state index < -0.39 is 16.1 Å². The van der Waals surface area contributed by atoms with Crippen molar-refractivity contribution in [2.24, 2.45) is 7.05 Å². The lowest BCUT2D eigenvalue weighted by molar-refractivity contribution is 0.553. The molecule has 0 aliphatic carbocycles. The Balaban J connectivity index is 2.28. The quantitative estimate of drug-likeness (QED) is 0.848. The van der Waals surface area contributed by atoms with E-state index in [1.165, 1.54) is 24.7 Å². The molecule has 0 aliphatic heterocycles. The SMILES string of the molecule is CC(NS(=O)(=O)c1cccnc1Cl)c1nncn1C. The number of aryl methyl sites for hydroxylation is 1. The summed E-state index contributed by atoms with van der Waals surface area (Å²) in [4.78, 5) is 3.68. The van der Waals surface area contributed by atoms with Crippen LogP contribution >= 0.6 is 11.6 Å². The largest absolute Gasteiger partial charge is 0.319 e. The van der Waals surface area contributed by atoms with Gasteiger partial charge in [-0.05, 0) is 19.1 Å². The minimum atomic E-state index is -3.76. The van der Waals surface area contributed by atoms with Gasteiger partial charge in [-0.3, -0.25) is 0 Å². The minimum Gasteiger partial charge on any atom is -0.319 e. The lowest BCUT2D eigenvalue weighted by Gasteiger charge is -2.13. The van der Waals surface area contributed by atoms with E-state index in [-0.39, 0.29) is 10.0 Å². The van der Waals surface area contributed by atoms with Gasteiger partial charge in [0.15, 0.2) is 0 Å². The van der Waals surface area contributed by atoms with Crippen LogP contribution in [0, 0.1) is 0 Å². The normalized spacial score (nSPS) is 13.4. The van der Waals surface area contributed by atoms with E-state index in [1.54, 1.807) is 18.5 Å². The zero-order valence-electron chi connectivity index (χ0n) is 10.3. The second-order valence-corrected chi connectivity index (χ2v) is 5.98. The van der Waals surface area contributed by atoms with E-state index >= 15 is 0 Å². The van der Waals surface area contributed by atoms with Crippen LogP contribution in [0.5, 0.6) is 0 Å². The Hall–Kier alpha value is -1.51. The van der Waals surface area contributed by atoms with Crippen LogP contribution in [-0.2, 0) is 17.1 Å². The van der Waals surface area contributed by atoms with Crippen LogP contribution in [0.15, 0.2) is 29.6 Å². The minimum absolute atomic E-state index is 0.0642. The van der Waals surface area contributed by atoms with E-state index in [0.29, 0.717) is 5.82 Å². The fourth-order valence-corrected chi connectivity index (χ4v) is 3.26. The number of sulfonamides is 1. The number of hydrogen-bond donors (Lipinski definition) is 1. The average molecular weight is 302 g/mol. The van der Waals surface area contributed by atoms with Crippen molar-refractivity contribution in [3.63, 3.8) is 0 Å². The third kappa shape index (κ3) is 2.91. The maximum atomic E-state index is 12.2. The fourth-order valence-electron chi connectivity index (χ4n) is 1.60. The van der Waals surface area contributed by atoms with Crippen LogP contribution in [0.25, 0.3) is 0 Å². The first-order valence-electron chi connectivity index (χ1n) is 5.38. The molecule has 102 valence electrons. The highest BCUT2D eigenvalue weighted by molar-refractivity contribution is 7.89. The first-order valence-corrected chi connectivity index (χ1v) is 7.24. The predicted molar refractivity (Wildman–Crippen MR) is 69.0 cm³/mol. The summed E-state index contributed by atoms with van der Waals surface area (Å²) in [5.74, 6) is 0.503. The standard InChI is InChI=1S/C10H12ClN5O2S/c1-7(10-14-13-6-16(10)2)15-19(17,18)8-4-3-5-12-9(8)11/h3-7,15H,1-2H3. The molecule has 0 spiro atoms. The average Bonchev–Trinajstić information content (AvgIpc) is 2.75. The lowest BCUT2D eigenvalue weighted by atomic mass is 10.3. The molecule has 7 nitrogen and oxygen atoms in total. The van der Waals surface area contributed by atoms with Crippen LogP contribution in [-0.4, -0.2) is 28.2 Å². The summed E-state index contributed by atoms with van der Waals surface area (Å²) in [6.07, 6.45) is 2.92. The van der Waals surface area contributed by atoms with Crippen molar-refractivity contribution in [1.82, 2.24) is 24.5 Å². The Morgan fingerprint density at radius 1 is 1.47 bits per heavy atom. The van der Waals surface area contributed by atoms with E-state index in [4.69, 9.17) is 11.6 Å². The highest BCUT2D eigenvalue weighted by Crippen LogP contribution is 2.20. The molecule has 2 heterocycles. The van der Waals surface area contributed by atoms with Gasteiger partial charge in [-0.25, -0.2) is 18.1 Å². The third-order valence-corrected chi connectivity index (χ3v) is 4.47. The molecule has 0 saturated carbocycles. The Morgan fingerprint density at radius 3 is 2.79 bits per heavy atom. The fraction of sp³-hybridized carbons (Fsp3) is 0.300. The molecule has 2 rings (SSSR count). The zero-order chi connectivity index (χ0) is 14.0. The molecule has 0 radical (unpaired) electrons. The maximum absolute atomic E-state index is 12.2. The molecule has 9 heteroatoms. The van der Waals surface area contributed by atoms with Crippen molar-refractivity contribution in [3.05, 3.63) is 35.6 Å². The summed E-state index contributed by atoms with van der Waals surface area (Å²) in [6, 6.07) is 2.36. The molecule has 2 aromatic rings. The third-order valence-electron chi connectivity index (χ3n) is 2.48. The van der Waals surface area contributed by atoms with Gasteiger partial charge in [0.2, 0.25) is 10.0 Å². The summed E-state index contributed by atoms with van der Waals surface area (Å²) >= 11 is 5.78. The lowest BCUT2D eigenvalue weighted by Crippen LogP contribution is -2.28. The number of nitrogens with zero attached hydrogens (tertiary/aromatic N) is 4. The molecule has 1 unspecified atom stereocenters. The van der Waals surface area contributed by atoms with E-state index in [2.05, 4.69) is 19.9 Å². The van der Waals surface area contributed by atoms with Gasteiger partial charge in [-0.2, -0.15) is 0 Å². The molecule has 1 N–H and O–H groups in total. The smallest absolute Gasteiger partial charge is 0.244 e. The van der Waals surface area contributed by atoms with Crippen LogP contribution in [0.1, 0.15) is 18.8 Å². The highest BCUT2D eigenvalue weighted by Gasteiger charge is 2.23. The zero-order valence-corrected chi connectivity index (χ0v) is 11.9. The van der Waals surface area contributed by atoms with Crippen molar-refractivity contribution in [1.29, 1.82) is 0 Å². The topological polar surface area (TPSA) is 89.8 Å². The van der Waals surface area contributed by atoms with Crippen LogP contribution in [0.3, 0.4) is 0 Å². The van der Waals surface area contributed by atoms with E-state index in [9.17, 15) is 8.42 Å². The number of halogens is 1. The molecule has 0 aliphatic rings. The first-order chi connectivity index (χ1) is 8.92. The number of nitrogens with one attached hydrogen (secondary N) is 1. The molecule has 0 aromatic carbocycles. The van der Waals surface area contributed by atoms with E-state index in [0.717, 1.165) is 0 Å². The van der Waals surface area contributed by atoms with Crippen LogP contribution in [0.4, 0.5) is 0 Å². The number of rotatable bonds is 4. The van der Waals surface area contributed by atoms with Crippen molar-refractivity contribution in [3.8, 4) is 0 Å². The maximum Gasteiger partial charge on any atom is 0.244 e. The Morgan fingerprint density at radius 2 is 2.21 bits per heavy atom. The Kier molecular flexibility index (Phi) is 3.83.